The van der Waals surface area contributed by atoms with Crippen molar-refractivity contribution in [3.63, 3.8) is 0 Å². The van der Waals surface area contributed by atoms with E-state index in [4.69, 9.17) is 0 Å². The van der Waals surface area contributed by atoms with Crippen molar-refractivity contribution < 1.29 is 22.8 Å². The van der Waals surface area contributed by atoms with Crippen molar-refractivity contribution in [2.75, 3.05) is 32.7 Å². The maximum Gasteiger partial charge on any atom is 0.405 e. The number of nitrogens with one attached hydrogen (secondary N) is 2. The first kappa shape index (κ1) is 17.9. The van der Waals surface area contributed by atoms with E-state index in [2.05, 4.69) is 10.6 Å². The number of amides is 1. The Morgan fingerprint density at radius 3 is 2.43 bits per heavy atom. The van der Waals surface area contributed by atoms with Crippen LogP contribution in [0.15, 0.2) is 12.1 Å². The molecule has 0 aliphatic carbocycles. The molecule has 128 valence electrons. The molecule has 1 aliphatic rings. The van der Waals surface area contributed by atoms with Crippen molar-refractivity contribution >= 4 is 23.0 Å². The molecule has 0 spiro atoms. The van der Waals surface area contributed by atoms with Gasteiger partial charge < -0.3 is 10.6 Å². The van der Waals surface area contributed by atoms with Crippen LogP contribution >= 0.6 is 11.3 Å². The van der Waals surface area contributed by atoms with E-state index in [9.17, 15) is 22.8 Å². The van der Waals surface area contributed by atoms with Crippen molar-refractivity contribution in [3.05, 3.63) is 21.9 Å². The van der Waals surface area contributed by atoms with Crippen LogP contribution in [0, 0.1) is 0 Å². The zero-order valence-electron chi connectivity index (χ0n) is 12.6. The van der Waals surface area contributed by atoms with Crippen LogP contribution in [0.2, 0.25) is 0 Å². The van der Waals surface area contributed by atoms with Crippen molar-refractivity contribution in [2.45, 2.75) is 19.1 Å². The summed E-state index contributed by atoms with van der Waals surface area (Å²) in [5, 5.41) is 5.33. The van der Waals surface area contributed by atoms with Gasteiger partial charge in [0.05, 0.1) is 9.75 Å². The van der Waals surface area contributed by atoms with Gasteiger partial charge in [-0.2, -0.15) is 13.2 Å². The van der Waals surface area contributed by atoms with Gasteiger partial charge in [0.15, 0.2) is 5.78 Å². The Kier molecular flexibility index (Phi) is 5.77. The van der Waals surface area contributed by atoms with Crippen LogP contribution in [0.25, 0.3) is 0 Å². The Balaban J connectivity index is 1.99. The molecular formula is C14H18F3N3O2S. The van der Waals surface area contributed by atoms with E-state index in [1.165, 1.54) is 24.0 Å². The molecule has 2 N–H and O–H groups in total. The van der Waals surface area contributed by atoms with E-state index in [1.807, 2.05) is 0 Å². The van der Waals surface area contributed by atoms with Crippen LogP contribution < -0.4 is 10.6 Å². The van der Waals surface area contributed by atoms with Crippen LogP contribution in [-0.4, -0.2) is 61.5 Å². The lowest BCUT2D eigenvalue weighted by Crippen LogP contribution is -2.57. The summed E-state index contributed by atoms with van der Waals surface area (Å²) in [6, 6.07) is 1.24. The van der Waals surface area contributed by atoms with Crippen molar-refractivity contribution in [1.82, 2.24) is 15.5 Å². The number of nitrogens with zero attached hydrogens (tertiary/aromatic N) is 1. The number of carbonyl (C=O) groups excluding carboxylic acids is 2. The van der Waals surface area contributed by atoms with Crippen LogP contribution in [0.1, 0.15) is 26.3 Å². The number of alkyl halides is 3. The highest BCUT2D eigenvalue weighted by Crippen LogP contribution is 2.25. The van der Waals surface area contributed by atoms with E-state index >= 15 is 0 Å². The van der Waals surface area contributed by atoms with E-state index < -0.39 is 24.7 Å². The fraction of sp³-hybridized carbons (Fsp3) is 0.571. The summed E-state index contributed by atoms with van der Waals surface area (Å²) in [4.78, 5) is 25.2. The van der Waals surface area contributed by atoms with Crippen LogP contribution in [0.5, 0.6) is 0 Å². The van der Waals surface area contributed by atoms with E-state index in [1.54, 1.807) is 0 Å². The number of piperazine rings is 1. The number of ketones is 1. The van der Waals surface area contributed by atoms with Crippen LogP contribution in [-0.2, 0) is 0 Å². The Hall–Kier alpha value is -1.45. The van der Waals surface area contributed by atoms with Gasteiger partial charge in [0.2, 0.25) is 0 Å². The number of carbonyl (C=O) groups is 2. The quantitative estimate of drug-likeness (QED) is 0.792. The number of rotatable bonds is 5. The zero-order valence-corrected chi connectivity index (χ0v) is 13.4. The Labute approximate surface area is 135 Å². The molecule has 0 aromatic carbocycles. The summed E-state index contributed by atoms with van der Waals surface area (Å²) in [6.07, 6.45) is -4.41. The molecular weight excluding hydrogens is 331 g/mol. The summed E-state index contributed by atoms with van der Waals surface area (Å²) >= 11 is 0.977. The Morgan fingerprint density at radius 1 is 1.30 bits per heavy atom. The first-order chi connectivity index (χ1) is 10.8. The molecule has 1 unspecified atom stereocenters. The summed E-state index contributed by atoms with van der Waals surface area (Å²) < 4.78 is 39.6. The van der Waals surface area contributed by atoms with Gasteiger partial charge in [0, 0.05) is 32.7 Å². The maximum atomic E-state index is 13.2. The molecule has 1 atom stereocenters. The van der Waals surface area contributed by atoms with Gasteiger partial charge in [0.25, 0.3) is 5.91 Å². The fourth-order valence-corrected chi connectivity index (χ4v) is 3.19. The molecule has 9 heteroatoms. The molecule has 1 saturated heterocycles. The van der Waals surface area contributed by atoms with Crippen molar-refractivity contribution in [2.24, 2.45) is 0 Å². The summed E-state index contributed by atoms with van der Waals surface area (Å²) in [6.45, 7) is 2.43. The first-order valence-corrected chi connectivity index (χ1v) is 8.01. The third-order valence-electron chi connectivity index (χ3n) is 3.60. The smallest absolute Gasteiger partial charge is 0.349 e. The van der Waals surface area contributed by atoms with Crippen LogP contribution in [0.3, 0.4) is 0 Å². The van der Waals surface area contributed by atoms with E-state index in [0.29, 0.717) is 18.0 Å². The predicted molar refractivity (Wildman–Crippen MR) is 80.9 cm³/mol. The summed E-state index contributed by atoms with van der Waals surface area (Å²) in [5.41, 5.74) is 0. The monoisotopic (exact) mass is 349 g/mol. The maximum absolute atomic E-state index is 13.2. The molecule has 0 bridgehead atoms. The molecule has 23 heavy (non-hydrogen) atoms. The van der Waals surface area contributed by atoms with Gasteiger partial charge in [0.1, 0.15) is 6.04 Å². The minimum atomic E-state index is -4.41. The second kappa shape index (κ2) is 7.41. The largest absolute Gasteiger partial charge is 0.405 e. The molecule has 1 aromatic rings. The topological polar surface area (TPSA) is 61.4 Å². The van der Waals surface area contributed by atoms with Gasteiger partial charge >= 0.3 is 6.18 Å². The molecule has 5 nitrogen and oxygen atoms in total. The highest BCUT2D eigenvalue weighted by Gasteiger charge is 2.43. The standard InChI is InChI=1S/C14H18F3N3O2S/c1-9(21)10-2-3-11(23-10)13(22)19-8-12(14(15,16)17)20-6-4-18-5-7-20/h2-3,12,18H,4-8H2,1H3,(H,19,22). The minimum absolute atomic E-state index is 0.178. The zero-order chi connectivity index (χ0) is 17.0. The SMILES string of the molecule is CC(=O)c1ccc(C(=O)NCC(N2CCNCC2)C(F)(F)F)s1. The number of hydrogen-bond acceptors (Lipinski definition) is 5. The van der Waals surface area contributed by atoms with Crippen LogP contribution in [0.4, 0.5) is 13.2 Å². The van der Waals surface area contributed by atoms with Gasteiger partial charge in [-0.25, -0.2) is 0 Å². The molecule has 1 fully saturated rings. The predicted octanol–water partition coefficient (Wildman–Crippen LogP) is 1.52. The summed E-state index contributed by atoms with van der Waals surface area (Å²) in [7, 11) is 0. The molecule has 1 aromatic heterocycles. The minimum Gasteiger partial charge on any atom is -0.349 e. The molecule has 2 rings (SSSR count). The molecule has 2 heterocycles. The van der Waals surface area contributed by atoms with E-state index in [-0.39, 0.29) is 23.7 Å². The molecule has 1 amide bonds. The number of halogens is 3. The molecule has 0 saturated carbocycles. The second-order valence-corrected chi connectivity index (χ2v) is 6.36. The normalized spacial score (nSPS) is 17.7. The number of Topliss-reactive ketones (excluding diaryl/α,β-unsaturated/α-hetero) is 1. The lowest BCUT2D eigenvalue weighted by atomic mass is 10.2. The highest BCUT2D eigenvalue weighted by atomic mass is 32.1. The first-order valence-electron chi connectivity index (χ1n) is 7.19. The third-order valence-corrected chi connectivity index (χ3v) is 4.79. The third kappa shape index (κ3) is 4.76. The lowest BCUT2D eigenvalue weighted by Gasteiger charge is -2.35. The van der Waals surface area contributed by atoms with Crippen molar-refractivity contribution in [1.29, 1.82) is 0 Å². The highest BCUT2D eigenvalue weighted by molar-refractivity contribution is 7.15. The van der Waals surface area contributed by atoms with Gasteiger partial charge in [-0.05, 0) is 19.1 Å². The van der Waals surface area contributed by atoms with Gasteiger partial charge in [-0.3, -0.25) is 14.5 Å². The fourth-order valence-electron chi connectivity index (χ4n) is 2.37. The van der Waals surface area contributed by atoms with E-state index in [0.717, 1.165) is 11.3 Å². The lowest BCUT2D eigenvalue weighted by molar-refractivity contribution is -0.183. The Bertz CT molecular complexity index is 568. The number of hydrogen-bond donors (Lipinski definition) is 2. The Morgan fingerprint density at radius 2 is 1.91 bits per heavy atom. The average molecular weight is 349 g/mol. The van der Waals surface area contributed by atoms with Crippen molar-refractivity contribution in [3.8, 4) is 0 Å². The van der Waals surface area contributed by atoms with Gasteiger partial charge in [-0.1, -0.05) is 0 Å². The number of thiophene rings is 1. The average Bonchev–Trinajstić information content (AvgIpc) is 2.97. The summed E-state index contributed by atoms with van der Waals surface area (Å²) in [5.74, 6) is -0.769. The second-order valence-electron chi connectivity index (χ2n) is 5.27. The van der Waals surface area contributed by atoms with Gasteiger partial charge in [-0.15, -0.1) is 11.3 Å². The molecule has 1 aliphatic heterocycles. The molecule has 0 radical (unpaired) electrons.